The Hall–Kier alpha value is -4.90. The zero-order chi connectivity index (χ0) is 35.7. The van der Waals surface area contributed by atoms with Crippen molar-refractivity contribution < 1.29 is 56.1 Å². The van der Waals surface area contributed by atoms with Gasteiger partial charge in [0.2, 0.25) is 21.8 Å². The van der Waals surface area contributed by atoms with Crippen LogP contribution in [0.3, 0.4) is 0 Å². The van der Waals surface area contributed by atoms with Crippen molar-refractivity contribution in [2.24, 2.45) is 5.92 Å². The van der Waals surface area contributed by atoms with Crippen LogP contribution in [0.2, 0.25) is 0 Å². The number of nitrogens with zero attached hydrogens (tertiary/aromatic N) is 1. The van der Waals surface area contributed by atoms with Gasteiger partial charge in [0, 0.05) is 30.6 Å². The number of hydrogen-bond donors (Lipinski definition) is 6. The van der Waals surface area contributed by atoms with Gasteiger partial charge in [-0.15, -0.1) is 0 Å². The molecular weight excluding hydrogens is 649 g/mol. The molecule has 0 spiro atoms. The minimum absolute atomic E-state index is 0.00718. The highest BCUT2D eigenvalue weighted by molar-refractivity contribution is 7.89. The molecule has 13 nitrogen and oxygen atoms in total. The summed E-state index contributed by atoms with van der Waals surface area (Å²) < 4.78 is 61.7. The molecule has 2 atom stereocenters. The molecule has 256 valence electrons. The monoisotopic (exact) mass is 684 g/mol. The second-order valence-corrected chi connectivity index (χ2v) is 12.4. The van der Waals surface area contributed by atoms with E-state index in [9.17, 15) is 41.1 Å². The van der Waals surface area contributed by atoms with Gasteiger partial charge in [0.05, 0.1) is 4.90 Å². The Morgan fingerprint density at radius 1 is 0.872 bits per heavy atom. The molecule has 6 N–H and O–H groups in total. The maximum absolute atomic E-state index is 13.7. The van der Waals surface area contributed by atoms with Crippen LogP contribution in [0.1, 0.15) is 19.4 Å². The second kappa shape index (κ2) is 16.1. The number of hydrogen-bond acceptors (Lipinski definition) is 8. The minimum atomic E-state index is -5.08. The Morgan fingerprint density at radius 3 is 1.94 bits per heavy atom. The van der Waals surface area contributed by atoms with Gasteiger partial charge in [-0.05, 0) is 42.2 Å². The zero-order valence-electron chi connectivity index (χ0n) is 25.7. The Labute approximate surface area is 268 Å². The van der Waals surface area contributed by atoms with E-state index < -0.39 is 64.5 Å². The summed E-state index contributed by atoms with van der Waals surface area (Å²) in [5.74, 6) is -5.89. The molecular formula is C30H35F3N4O9S. The van der Waals surface area contributed by atoms with Crippen molar-refractivity contribution in [2.45, 2.75) is 43.4 Å². The van der Waals surface area contributed by atoms with Crippen molar-refractivity contribution >= 4 is 50.2 Å². The SMILES string of the molecule is CC(C)[C@H](NC(=O)[C@H](Cc1ccc(O)cc1)NS(=O)(=O)c1cccc2c(N(C)C)cccc12)C(=O)NCC(=O)O.O=C(O)C(F)(F)F. The summed E-state index contributed by atoms with van der Waals surface area (Å²) >= 11 is 0. The van der Waals surface area contributed by atoms with Gasteiger partial charge in [0.25, 0.3) is 0 Å². The lowest BCUT2D eigenvalue weighted by molar-refractivity contribution is -0.192. The van der Waals surface area contributed by atoms with Crippen molar-refractivity contribution in [3.8, 4) is 5.75 Å². The van der Waals surface area contributed by atoms with Crippen LogP contribution < -0.4 is 20.3 Å². The van der Waals surface area contributed by atoms with Crippen LogP contribution in [0.15, 0.2) is 65.6 Å². The van der Waals surface area contributed by atoms with Crippen LogP contribution in [0.5, 0.6) is 5.75 Å². The summed E-state index contributed by atoms with van der Waals surface area (Å²) in [6.07, 6.45) is -5.17. The number of aliphatic carboxylic acids is 2. The average Bonchev–Trinajstić information content (AvgIpc) is 2.98. The van der Waals surface area contributed by atoms with Crippen LogP contribution in [0.4, 0.5) is 18.9 Å². The molecule has 0 bridgehead atoms. The van der Waals surface area contributed by atoms with Crippen LogP contribution >= 0.6 is 0 Å². The lowest BCUT2D eigenvalue weighted by atomic mass is 10.0. The smallest absolute Gasteiger partial charge is 0.490 e. The highest BCUT2D eigenvalue weighted by atomic mass is 32.2. The number of aromatic hydroxyl groups is 1. The number of carboxylic acid groups (broad SMARTS) is 2. The molecule has 3 rings (SSSR count). The molecule has 0 saturated heterocycles. The van der Waals surface area contributed by atoms with Crippen molar-refractivity contribution in [1.82, 2.24) is 15.4 Å². The molecule has 0 aliphatic heterocycles. The molecule has 0 aliphatic carbocycles. The number of phenolic OH excluding ortho intramolecular Hbond substituents is 1. The van der Waals surface area contributed by atoms with Crippen molar-refractivity contribution in [3.05, 3.63) is 66.2 Å². The third kappa shape index (κ3) is 11.1. The molecule has 0 unspecified atom stereocenters. The van der Waals surface area contributed by atoms with E-state index in [1.165, 1.54) is 18.2 Å². The molecule has 0 saturated carbocycles. The van der Waals surface area contributed by atoms with E-state index in [-0.39, 0.29) is 17.1 Å². The summed E-state index contributed by atoms with van der Waals surface area (Å²) in [6.45, 7) is 2.71. The van der Waals surface area contributed by atoms with Gasteiger partial charge >= 0.3 is 18.1 Å². The molecule has 3 aromatic carbocycles. The number of phenols is 1. The van der Waals surface area contributed by atoms with Gasteiger partial charge in [-0.2, -0.15) is 17.9 Å². The molecule has 0 fully saturated rings. The molecule has 0 aromatic heterocycles. The van der Waals surface area contributed by atoms with Gasteiger partial charge < -0.3 is 30.9 Å². The Morgan fingerprint density at radius 2 is 1.43 bits per heavy atom. The first-order valence-corrected chi connectivity index (χ1v) is 15.3. The number of carboxylic acids is 2. The third-order valence-corrected chi connectivity index (χ3v) is 8.05. The van der Waals surface area contributed by atoms with E-state index in [1.54, 1.807) is 44.2 Å². The predicted molar refractivity (Wildman–Crippen MR) is 165 cm³/mol. The molecule has 47 heavy (non-hydrogen) atoms. The number of alkyl halides is 3. The number of rotatable bonds is 12. The molecule has 0 aliphatic rings. The fourth-order valence-electron chi connectivity index (χ4n) is 4.26. The fourth-order valence-corrected chi connectivity index (χ4v) is 5.67. The lowest BCUT2D eigenvalue weighted by Gasteiger charge is -2.25. The van der Waals surface area contributed by atoms with Crippen molar-refractivity contribution in [3.63, 3.8) is 0 Å². The molecule has 0 heterocycles. The van der Waals surface area contributed by atoms with E-state index in [0.717, 1.165) is 5.69 Å². The first kappa shape index (κ1) is 38.3. The average molecular weight is 685 g/mol. The highest BCUT2D eigenvalue weighted by Gasteiger charge is 2.38. The predicted octanol–water partition coefficient (Wildman–Crippen LogP) is 2.48. The third-order valence-electron chi connectivity index (χ3n) is 6.52. The van der Waals surface area contributed by atoms with Crippen molar-refractivity contribution in [1.29, 1.82) is 0 Å². The topological polar surface area (TPSA) is 202 Å². The van der Waals surface area contributed by atoms with Crippen LogP contribution in [-0.4, -0.2) is 86.4 Å². The number of amides is 2. The minimum Gasteiger partial charge on any atom is -0.508 e. The maximum Gasteiger partial charge on any atom is 0.490 e. The molecule has 3 aromatic rings. The number of fused-ring (bicyclic) bond motifs is 1. The number of halogens is 3. The zero-order valence-corrected chi connectivity index (χ0v) is 26.5. The number of sulfonamides is 1. The van der Waals surface area contributed by atoms with E-state index in [1.807, 2.05) is 31.1 Å². The van der Waals surface area contributed by atoms with Gasteiger partial charge in [0.15, 0.2) is 0 Å². The van der Waals surface area contributed by atoms with E-state index in [0.29, 0.717) is 16.3 Å². The number of nitrogens with one attached hydrogen (secondary N) is 3. The van der Waals surface area contributed by atoms with Crippen LogP contribution in [-0.2, 0) is 35.6 Å². The molecule has 17 heteroatoms. The Bertz CT molecular complexity index is 1700. The van der Waals surface area contributed by atoms with E-state index in [2.05, 4.69) is 15.4 Å². The Balaban J connectivity index is 0.000000984. The van der Waals surface area contributed by atoms with Gasteiger partial charge in [0.1, 0.15) is 24.4 Å². The second-order valence-electron chi connectivity index (χ2n) is 10.7. The first-order chi connectivity index (χ1) is 21.7. The standard InChI is InChI=1S/C28H34N4O7S.C2HF3O2/c1-17(2)26(28(37)29-16-25(34)35)30-27(36)22(15-18-11-13-19(33)14-12-18)31-40(38,39)24-10-6-7-20-21(24)8-5-9-23(20)32(3)4;3-2(4,5)1(6)7/h5-14,17,22,26,31,33H,15-16H2,1-4H3,(H,29,37)(H,30,36)(H,34,35);(H,6,7)/t22-,26-;/m0./s1. The summed E-state index contributed by atoms with van der Waals surface area (Å²) in [5, 5.41) is 31.7. The quantitative estimate of drug-likeness (QED) is 0.165. The van der Waals surface area contributed by atoms with Crippen LogP contribution in [0, 0.1) is 5.92 Å². The summed E-state index contributed by atoms with van der Waals surface area (Å²) in [4.78, 5) is 47.8. The molecule has 2 amide bonds. The number of anilines is 1. The van der Waals surface area contributed by atoms with E-state index in [4.69, 9.17) is 15.0 Å². The number of carbonyl (C=O) groups excluding carboxylic acids is 2. The summed E-state index contributed by atoms with van der Waals surface area (Å²) in [6, 6.07) is 13.7. The number of carbonyl (C=O) groups is 4. The number of benzene rings is 3. The first-order valence-electron chi connectivity index (χ1n) is 13.8. The molecule has 0 radical (unpaired) electrons. The normalized spacial score (nSPS) is 12.8. The largest absolute Gasteiger partial charge is 0.508 e. The fraction of sp³-hybridized carbons (Fsp3) is 0.333. The van der Waals surface area contributed by atoms with Gasteiger partial charge in [-0.1, -0.05) is 50.2 Å². The van der Waals surface area contributed by atoms with Gasteiger partial charge in [-0.25, -0.2) is 13.2 Å². The lowest BCUT2D eigenvalue weighted by Crippen LogP contribution is -2.56. The summed E-state index contributed by atoms with van der Waals surface area (Å²) in [7, 11) is -0.554. The van der Waals surface area contributed by atoms with Crippen LogP contribution in [0.25, 0.3) is 10.8 Å². The van der Waals surface area contributed by atoms with E-state index >= 15 is 0 Å². The van der Waals surface area contributed by atoms with Crippen molar-refractivity contribution in [2.75, 3.05) is 25.5 Å². The Kier molecular flexibility index (Phi) is 13.1. The maximum atomic E-state index is 13.7. The highest BCUT2D eigenvalue weighted by Crippen LogP contribution is 2.30. The summed E-state index contributed by atoms with van der Waals surface area (Å²) in [5.41, 5.74) is 1.38. The van der Waals surface area contributed by atoms with Gasteiger partial charge in [-0.3, -0.25) is 14.4 Å².